The largest absolute Gasteiger partial charge is 0.493 e. The van der Waals surface area contributed by atoms with Crippen molar-refractivity contribution in [3.05, 3.63) is 75.8 Å². The molecule has 0 fully saturated rings. The lowest BCUT2D eigenvalue weighted by Crippen LogP contribution is -2.28. The second-order valence-electron chi connectivity index (χ2n) is 8.81. The molecule has 0 saturated heterocycles. The Morgan fingerprint density at radius 1 is 1.14 bits per heavy atom. The number of halogens is 1. The van der Waals surface area contributed by atoms with Crippen molar-refractivity contribution in [1.29, 1.82) is 0 Å². The number of carboxylic acids is 1. The molecule has 0 amide bonds. The van der Waals surface area contributed by atoms with Crippen LogP contribution in [0.15, 0.2) is 53.5 Å². The van der Waals surface area contributed by atoms with Crippen LogP contribution in [0.1, 0.15) is 28.3 Å². The Bertz CT molecular complexity index is 1320. The number of aromatic nitrogens is 1. The highest BCUT2D eigenvalue weighted by atomic mass is 19.1. The van der Waals surface area contributed by atoms with E-state index < -0.39 is 17.2 Å². The molecular weight excluding hydrogens is 467 g/mol. The Kier molecular flexibility index (Phi) is 7.83. The van der Waals surface area contributed by atoms with E-state index in [0.717, 1.165) is 5.56 Å². The first-order valence-electron chi connectivity index (χ1n) is 11.6. The molecule has 1 aliphatic rings. The van der Waals surface area contributed by atoms with Crippen molar-refractivity contribution in [2.45, 2.75) is 18.9 Å². The van der Waals surface area contributed by atoms with Gasteiger partial charge in [-0.2, -0.15) is 5.06 Å². The van der Waals surface area contributed by atoms with E-state index >= 15 is 0 Å². The lowest BCUT2D eigenvalue weighted by atomic mass is 9.86. The molecular formula is C27H29FN2O6. The topological polar surface area (TPSA) is 90.2 Å². The number of benzene rings is 2. The summed E-state index contributed by atoms with van der Waals surface area (Å²) in [6.07, 6.45) is 2.02. The Hall–Kier alpha value is -3.53. The number of fused-ring (bicyclic) bond motifs is 3. The molecule has 0 saturated carbocycles. The number of carbonyl (C=O) groups is 1. The molecule has 0 spiro atoms. The van der Waals surface area contributed by atoms with Crippen LogP contribution < -0.4 is 10.2 Å². The third-order valence-corrected chi connectivity index (χ3v) is 6.09. The molecule has 9 heteroatoms. The molecule has 190 valence electrons. The van der Waals surface area contributed by atoms with Crippen molar-refractivity contribution in [1.82, 2.24) is 9.63 Å². The van der Waals surface area contributed by atoms with Gasteiger partial charge < -0.3 is 19.1 Å². The van der Waals surface area contributed by atoms with E-state index in [4.69, 9.17) is 14.3 Å². The fourth-order valence-electron chi connectivity index (χ4n) is 4.39. The fraction of sp³-hybridized carbons (Fsp3) is 0.333. The summed E-state index contributed by atoms with van der Waals surface area (Å²) in [5, 5.41) is 11.1. The van der Waals surface area contributed by atoms with Gasteiger partial charge in [-0.15, -0.1) is 0 Å². The average Bonchev–Trinajstić information content (AvgIpc) is 2.85. The quantitative estimate of drug-likeness (QED) is 0.335. The van der Waals surface area contributed by atoms with Crippen LogP contribution in [0.4, 0.5) is 4.39 Å². The van der Waals surface area contributed by atoms with Crippen LogP contribution in [-0.4, -0.2) is 61.7 Å². The molecule has 1 N–H and O–H groups in total. The number of nitrogens with zero attached hydrogens (tertiary/aromatic N) is 2. The highest BCUT2D eigenvalue weighted by Gasteiger charge is 2.29. The summed E-state index contributed by atoms with van der Waals surface area (Å²) in [5.74, 6) is -1.34. The highest BCUT2D eigenvalue weighted by Crippen LogP contribution is 2.43. The first-order valence-corrected chi connectivity index (χ1v) is 11.6. The van der Waals surface area contributed by atoms with E-state index in [9.17, 15) is 19.1 Å². The lowest BCUT2D eigenvalue weighted by Gasteiger charge is -2.31. The molecule has 0 bridgehead atoms. The van der Waals surface area contributed by atoms with Crippen LogP contribution in [-0.2, 0) is 16.1 Å². The van der Waals surface area contributed by atoms with E-state index in [1.165, 1.54) is 18.3 Å². The molecule has 36 heavy (non-hydrogen) atoms. The predicted molar refractivity (Wildman–Crippen MR) is 133 cm³/mol. The summed E-state index contributed by atoms with van der Waals surface area (Å²) >= 11 is 0. The lowest BCUT2D eigenvalue weighted by molar-refractivity contribution is -0.125. The zero-order valence-corrected chi connectivity index (χ0v) is 20.5. The van der Waals surface area contributed by atoms with Crippen molar-refractivity contribution >= 4 is 5.97 Å². The predicted octanol–water partition coefficient (Wildman–Crippen LogP) is 4.03. The van der Waals surface area contributed by atoms with Crippen LogP contribution in [0.5, 0.6) is 5.75 Å². The molecule has 0 aliphatic carbocycles. The molecule has 8 nitrogen and oxygen atoms in total. The van der Waals surface area contributed by atoms with Crippen molar-refractivity contribution in [2.75, 3.05) is 41.0 Å². The van der Waals surface area contributed by atoms with Gasteiger partial charge in [0.2, 0.25) is 0 Å². The average molecular weight is 497 g/mol. The maximum absolute atomic E-state index is 14.9. The van der Waals surface area contributed by atoms with Crippen LogP contribution in [0.25, 0.3) is 22.4 Å². The summed E-state index contributed by atoms with van der Waals surface area (Å²) in [6, 6.07) is 11.4. The van der Waals surface area contributed by atoms with E-state index in [1.54, 1.807) is 49.0 Å². The molecule has 1 aromatic heterocycles. The number of aromatic carboxylic acids is 1. The summed E-state index contributed by atoms with van der Waals surface area (Å²) in [7, 11) is 5.18. The highest BCUT2D eigenvalue weighted by molar-refractivity contribution is 5.88. The summed E-state index contributed by atoms with van der Waals surface area (Å²) in [4.78, 5) is 30.0. The summed E-state index contributed by atoms with van der Waals surface area (Å²) in [5.41, 5.74) is 2.15. The van der Waals surface area contributed by atoms with Crippen LogP contribution in [0.3, 0.4) is 0 Å². The minimum atomic E-state index is -1.28. The molecule has 1 atom stereocenters. The Morgan fingerprint density at radius 2 is 1.92 bits per heavy atom. The van der Waals surface area contributed by atoms with E-state index in [0.29, 0.717) is 60.9 Å². The number of rotatable bonds is 10. The van der Waals surface area contributed by atoms with E-state index in [1.807, 2.05) is 12.1 Å². The Balaban J connectivity index is 1.91. The number of hydrogen-bond donors (Lipinski definition) is 1. The van der Waals surface area contributed by atoms with Gasteiger partial charge in [0, 0.05) is 75.6 Å². The first kappa shape index (κ1) is 25.6. The van der Waals surface area contributed by atoms with Crippen LogP contribution >= 0.6 is 0 Å². The third kappa shape index (κ3) is 5.33. The summed E-state index contributed by atoms with van der Waals surface area (Å²) in [6.45, 7) is 1.63. The molecule has 4 rings (SSSR count). The van der Waals surface area contributed by atoms with Crippen molar-refractivity contribution in [3.8, 4) is 28.1 Å². The molecule has 0 radical (unpaired) electrons. The maximum atomic E-state index is 14.9. The zero-order valence-electron chi connectivity index (χ0n) is 20.5. The standard InChI is InChI=1S/C27H29FN2O6/c1-29(2)36-16-17-14-30-15-22(27(32)33)25(31)13-24(30)20-11-21(18-7-4-5-8-23(18)28)26(12-19(17)20)35-10-6-9-34-3/h4-5,7-8,11-13,15,17H,6,9-10,14,16H2,1-3H3,(H,32,33)/t17-/m1/s1. The van der Waals surface area contributed by atoms with Crippen LogP contribution in [0.2, 0.25) is 0 Å². The van der Waals surface area contributed by atoms with Gasteiger partial charge in [-0.05, 0) is 23.8 Å². The molecule has 0 unspecified atom stereocenters. The number of ether oxygens (including phenoxy) is 2. The normalized spacial score (nSPS) is 14.4. The number of hydroxylamine groups is 2. The second kappa shape index (κ2) is 11.0. The van der Waals surface area contributed by atoms with Gasteiger partial charge >= 0.3 is 5.97 Å². The maximum Gasteiger partial charge on any atom is 0.341 e. The van der Waals surface area contributed by atoms with Crippen molar-refractivity contribution < 1.29 is 28.6 Å². The minimum absolute atomic E-state index is 0.171. The second-order valence-corrected chi connectivity index (χ2v) is 8.81. The monoisotopic (exact) mass is 496 g/mol. The van der Waals surface area contributed by atoms with Gasteiger partial charge in [0.15, 0.2) is 5.43 Å². The first-order chi connectivity index (χ1) is 17.3. The Morgan fingerprint density at radius 3 is 2.61 bits per heavy atom. The third-order valence-electron chi connectivity index (χ3n) is 6.09. The summed E-state index contributed by atoms with van der Waals surface area (Å²) < 4.78 is 27.9. The number of pyridine rings is 1. The number of hydrogen-bond acceptors (Lipinski definition) is 6. The smallest absolute Gasteiger partial charge is 0.341 e. The Labute approximate surface area is 208 Å². The van der Waals surface area contributed by atoms with Gasteiger partial charge in [-0.3, -0.25) is 9.63 Å². The molecule has 2 heterocycles. The fourth-order valence-corrected chi connectivity index (χ4v) is 4.39. The number of carboxylic acid groups (broad SMARTS) is 1. The molecule has 1 aliphatic heterocycles. The minimum Gasteiger partial charge on any atom is -0.493 e. The van der Waals surface area contributed by atoms with Gasteiger partial charge in [0.25, 0.3) is 0 Å². The van der Waals surface area contributed by atoms with Crippen molar-refractivity contribution in [2.24, 2.45) is 0 Å². The number of methoxy groups -OCH3 is 1. The molecule has 3 aromatic rings. The van der Waals surface area contributed by atoms with Gasteiger partial charge in [0.1, 0.15) is 17.1 Å². The van der Waals surface area contributed by atoms with Crippen LogP contribution in [0, 0.1) is 5.82 Å². The SMILES string of the molecule is COCCCOc1cc2c(cc1-c1ccccc1F)-c1cc(=O)c(C(=O)O)cn1C[C@@H]2CON(C)C. The van der Waals surface area contributed by atoms with Gasteiger partial charge in [0.05, 0.1) is 18.9 Å². The van der Waals surface area contributed by atoms with E-state index in [2.05, 4.69) is 0 Å². The molecule has 2 aromatic carbocycles. The van der Waals surface area contributed by atoms with Gasteiger partial charge in [-0.25, -0.2) is 9.18 Å². The zero-order chi connectivity index (χ0) is 25.8. The van der Waals surface area contributed by atoms with E-state index in [-0.39, 0.29) is 11.5 Å². The van der Waals surface area contributed by atoms with Gasteiger partial charge in [-0.1, -0.05) is 18.2 Å². The van der Waals surface area contributed by atoms with Crippen molar-refractivity contribution in [3.63, 3.8) is 0 Å².